The largest absolute Gasteiger partial charge is 0.480 e. The number of hydrazine groups is 1. The number of hydrogen-bond acceptors (Lipinski definition) is 9. The number of hydrogen-bond donors (Lipinski definition) is 8. The van der Waals surface area contributed by atoms with Crippen LogP contribution in [0.5, 0.6) is 0 Å². The number of rotatable bonds is 19. The zero-order chi connectivity index (χ0) is 37.7. The summed E-state index contributed by atoms with van der Waals surface area (Å²) in [7, 11) is 0. The molecule has 52 heavy (non-hydrogen) atoms. The van der Waals surface area contributed by atoms with Crippen molar-refractivity contribution >= 4 is 35.4 Å². The van der Waals surface area contributed by atoms with Crippen LogP contribution in [-0.4, -0.2) is 88.7 Å². The molecule has 2 aromatic carbocycles. The van der Waals surface area contributed by atoms with E-state index >= 15 is 0 Å². The van der Waals surface area contributed by atoms with E-state index in [1.807, 2.05) is 60.7 Å². The molecule has 1 saturated heterocycles. The molecule has 4 atom stereocenters. The van der Waals surface area contributed by atoms with Crippen LogP contribution in [0, 0.1) is 11.8 Å². The van der Waals surface area contributed by atoms with Gasteiger partial charge < -0.3 is 37.8 Å². The maximum atomic E-state index is 14.1. The number of amides is 3. The van der Waals surface area contributed by atoms with Gasteiger partial charge in [0.1, 0.15) is 11.6 Å². The Hall–Kier alpha value is -4.86. The van der Waals surface area contributed by atoms with Gasteiger partial charge in [0, 0.05) is 32.0 Å². The monoisotopic (exact) mass is 719 g/mol. The molecular weight excluding hydrogens is 666 g/mol. The molecule has 0 unspecified atom stereocenters. The molecule has 282 valence electrons. The molecule has 2 fully saturated rings. The van der Waals surface area contributed by atoms with E-state index in [1.54, 1.807) is 0 Å². The average Bonchev–Trinajstić information content (AvgIpc) is 3.97. The summed E-state index contributed by atoms with van der Waals surface area (Å²) in [6.07, 6.45) is 3.43. The molecule has 15 heteroatoms. The van der Waals surface area contributed by atoms with Gasteiger partial charge in [-0.05, 0) is 62.0 Å². The van der Waals surface area contributed by atoms with Gasteiger partial charge in [-0.25, -0.2) is 5.84 Å². The van der Waals surface area contributed by atoms with Gasteiger partial charge in [-0.2, -0.15) is 0 Å². The van der Waals surface area contributed by atoms with Gasteiger partial charge in [0.25, 0.3) is 0 Å². The first-order valence-corrected chi connectivity index (χ1v) is 17.9. The lowest BCUT2D eigenvalue weighted by Gasteiger charge is -2.38. The van der Waals surface area contributed by atoms with Crippen LogP contribution in [-0.2, 0) is 36.8 Å². The molecule has 1 saturated carbocycles. The van der Waals surface area contributed by atoms with Gasteiger partial charge in [-0.15, -0.1) is 0 Å². The van der Waals surface area contributed by atoms with Crippen LogP contribution in [0.4, 0.5) is 0 Å². The highest BCUT2D eigenvalue weighted by Gasteiger charge is 2.41. The minimum absolute atomic E-state index is 0.0251. The fraction of sp³-hybridized carbons (Fsp3) is 0.514. The number of guanidine groups is 1. The van der Waals surface area contributed by atoms with Crippen molar-refractivity contribution in [2.75, 3.05) is 19.6 Å². The first-order valence-electron chi connectivity index (χ1n) is 17.9. The topological polar surface area (TPSA) is 261 Å². The minimum atomic E-state index is -1.43. The Morgan fingerprint density at radius 3 is 2.02 bits per heavy atom. The number of nitrogens with one attached hydrogen (secondary N) is 3. The van der Waals surface area contributed by atoms with Gasteiger partial charge in [0.2, 0.25) is 23.7 Å². The Morgan fingerprint density at radius 2 is 1.46 bits per heavy atom. The lowest BCUT2D eigenvalue weighted by molar-refractivity contribution is -0.148. The van der Waals surface area contributed by atoms with Crippen molar-refractivity contribution in [3.05, 3.63) is 71.8 Å². The van der Waals surface area contributed by atoms with E-state index < -0.39 is 47.4 Å². The third kappa shape index (κ3) is 12.1. The molecule has 12 N–H and O–H groups in total. The molecule has 3 amide bonds. The zero-order valence-corrected chi connectivity index (χ0v) is 29.5. The molecule has 2 aliphatic rings. The molecule has 0 radical (unpaired) electrons. The third-order valence-electron chi connectivity index (χ3n) is 9.84. The smallest absolute Gasteiger partial charge is 0.323 e. The van der Waals surface area contributed by atoms with Crippen molar-refractivity contribution < 1.29 is 29.1 Å². The van der Waals surface area contributed by atoms with Gasteiger partial charge in [-0.3, -0.25) is 34.4 Å². The number of carboxylic acids is 1. The van der Waals surface area contributed by atoms with Crippen LogP contribution in [0.3, 0.4) is 0 Å². The average molecular weight is 720 g/mol. The highest BCUT2D eigenvalue weighted by atomic mass is 16.4. The van der Waals surface area contributed by atoms with Crippen LogP contribution in [0.15, 0.2) is 65.7 Å². The number of ketones is 1. The molecule has 4 rings (SSSR count). The van der Waals surface area contributed by atoms with Gasteiger partial charge in [0.15, 0.2) is 5.78 Å². The molecule has 15 nitrogen and oxygen atoms in total. The van der Waals surface area contributed by atoms with E-state index in [-0.39, 0.29) is 75.3 Å². The number of piperidine rings is 1. The summed E-state index contributed by atoms with van der Waals surface area (Å²) in [6, 6.07) is 15.9. The van der Waals surface area contributed by atoms with Crippen molar-refractivity contribution in [3.63, 3.8) is 0 Å². The van der Waals surface area contributed by atoms with Crippen LogP contribution in [0.1, 0.15) is 62.5 Å². The predicted molar refractivity (Wildman–Crippen MR) is 196 cm³/mol. The minimum Gasteiger partial charge on any atom is -0.480 e. The molecule has 0 aromatic heterocycles. The van der Waals surface area contributed by atoms with Crippen LogP contribution < -0.4 is 39.1 Å². The number of Topliss-reactive ketones (excluding diaryl/α,β-unsaturated/α-hetero) is 1. The van der Waals surface area contributed by atoms with Crippen molar-refractivity contribution in [3.8, 4) is 0 Å². The number of nitrogens with two attached hydrogens (primary N) is 4. The Kier molecular flexibility index (Phi) is 14.7. The van der Waals surface area contributed by atoms with E-state index in [0.29, 0.717) is 19.3 Å². The van der Waals surface area contributed by atoms with Gasteiger partial charge >= 0.3 is 5.97 Å². The first-order chi connectivity index (χ1) is 24.9. The number of carbonyl (C=O) groups is 5. The van der Waals surface area contributed by atoms with E-state index in [9.17, 15) is 29.1 Å². The van der Waals surface area contributed by atoms with Crippen molar-refractivity contribution in [1.82, 2.24) is 21.0 Å². The predicted octanol–water partition coefficient (Wildman–Crippen LogP) is 0.107. The molecule has 1 aliphatic heterocycles. The number of likely N-dealkylation sites (tertiary alicyclic amines) is 1. The summed E-state index contributed by atoms with van der Waals surface area (Å²) in [6.45, 7) is 0.471. The van der Waals surface area contributed by atoms with Gasteiger partial charge in [0.05, 0.1) is 12.1 Å². The Bertz CT molecular complexity index is 1550. The summed E-state index contributed by atoms with van der Waals surface area (Å²) in [5.74, 6) is 2.14. The summed E-state index contributed by atoms with van der Waals surface area (Å²) in [5, 5.41) is 15.3. The lowest BCUT2D eigenvalue weighted by atomic mass is 9.88. The van der Waals surface area contributed by atoms with E-state index in [0.717, 1.165) is 24.0 Å². The lowest BCUT2D eigenvalue weighted by Crippen LogP contribution is -2.59. The standard InChI is InChI=1S/C37H53N9O6/c38-28(21-24-8-3-1-4-9-24)33(49)44-30(22-25-10-5-2-6-11-25)31(47)23-27(20-26-13-14-26)32(48)43-29(12-7-17-42-36(39)45-41)34(50)46-18-15-37(40,16-19-46)35(51)52/h1-6,8-11,26-30H,7,12-23,38,40-41H2,(H,43,48)(H,44,49)(H,51,52)(H3,39,42,45)/t27-,28+,29+,30+/m0/s1. The Morgan fingerprint density at radius 1 is 0.885 bits per heavy atom. The number of benzene rings is 2. The molecule has 0 bridgehead atoms. The Labute approximate surface area is 304 Å². The van der Waals surface area contributed by atoms with Gasteiger partial charge in [-0.1, -0.05) is 73.5 Å². The summed E-state index contributed by atoms with van der Waals surface area (Å²) < 4.78 is 0. The normalized spacial score (nSPS) is 18.0. The highest BCUT2D eigenvalue weighted by Crippen LogP contribution is 2.36. The molecule has 0 spiro atoms. The van der Waals surface area contributed by atoms with Crippen LogP contribution in [0.25, 0.3) is 0 Å². The number of nitrogens with zero attached hydrogens (tertiary/aromatic N) is 2. The summed E-state index contributed by atoms with van der Waals surface area (Å²) >= 11 is 0. The molecular formula is C37H53N9O6. The first kappa shape index (κ1) is 39.9. The van der Waals surface area contributed by atoms with E-state index in [4.69, 9.17) is 23.0 Å². The zero-order valence-electron chi connectivity index (χ0n) is 29.5. The van der Waals surface area contributed by atoms with Crippen molar-refractivity contribution in [1.29, 1.82) is 0 Å². The second-order valence-corrected chi connectivity index (χ2v) is 14.0. The summed E-state index contributed by atoms with van der Waals surface area (Å²) in [4.78, 5) is 72.5. The number of aliphatic imine (C=N–C) groups is 1. The second kappa shape index (κ2) is 19.1. The molecule has 1 aliphatic carbocycles. The van der Waals surface area contributed by atoms with E-state index in [1.165, 1.54) is 4.90 Å². The second-order valence-electron chi connectivity index (χ2n) is 14.0. The van der Waals surface area contributed by atoms with Crippen LogP contribution in [0.2, 0.25) is 0 Å². The highest BCUT2D eigenvalue weighted by molar-refractivity contribution is 5.95. The van der Waals surface area contributed by atoms with Crippen molar-refractivity contribution in [2.45, 2.75) is 87.9 Å². The maximum Gasteiger partial charge on any atom is 0.323 e. The number of carbonyl (C=O) groups excluding carboxylic acids is 4. The van der Waals surface area contributed by atoms with Crippen LogP contribution >= 0.6 is 0 Å². The fourth-order valence-electron chi connectivity index (χ4n) is 6.41. The number of carboxylic acid groups (broad SMARTS) is 1. The molecule has 1 heterocycles. The quantitative estimate of drug-likeness (QED) is 0.0318. The van der Waals surface area contributed by atoms with Crippen molar-refractivity contribution in [2.24, 2.45) is 39.9 Å². The Balaban J connectivity index is 1.49. The third-order valence-corrected chi connectivity index (χ3v) is 9.84. The summed E-state index contributed by atoms with van der Waals surface area (Å²) in [5.41, 5.74) is 20.5. The number of aliphatic carboxylic acids is 1. The fourth-order valence-corrected chi connectivity index (χ4v) is 6.41. The SMILES string of the molecule is NNC(N)=NCCC[C@@H](NC(=O)[C@H](CC(=O)[C@@H](Cc1ccccc1)NC(=O)[C@H](N)Cc1ccccc1)CC1CC1)C(=O)N1CCC(N)(C(=O)O)CC1. The molecule has 2 aromatic rings. The van der Waals surface area contributed by atoms with E-state index in [2.05, 4.69) is 21.1 Å². The maximum absolute atomic E-state index is 14.1.